The number of carboxylic acids is 1. The summed E-state index contributed by atoms with van der Waals surface area (Å²) in [5.41, 5.74) is 0. The van der Waals surface area contributed by atoms with Crippen LogP contribution in [0, 0.1) is 11.8 Å². The Kier molecular flexibility index (Phi) is 5.47. The molecule has 0 aliphatic rings. The SMILES string of the molecule is CCc1cnc(C(C)NC(=O)C(C)C(C)C(=O)O)s1. The van der Waals surface area contributed by atoms with Crippen molar-refractivity contribution in [2.45, 2.75) is 40.2 Å². The molecule has 0 radical (unpaired) electrons. The zero-order valence-corrected chi connectivity index (χ0v) is 12.5. The van der Waals surface area contributed by atoms with E-state index in [1.807, 2.05) is 13.1 Å². The van der Waals surface area contributed by atoms with E-state index in [2.05, 4.69) is 17.2 Å². The van der Waals surface area contributed by atoms with Crippen LogP contribution in [0.4, 0.5) is 0 Å². The molecule has 3 unspecified atom stereocenters. The lowest BCUT2D eigenvalue weighted by atomic mass is 9.95. The number of rotatable bonds is 6. The molecule has 1 heterocycles. The molecule has 19 heavy (non-hydrogen) atoms. The third-order valence-electron chi connectivity index (χ3n) is 3.20. The number of carbonyl (C=O) groups is 2. The van der Waals surface area contributed by atoms with Crippen molar-refractivity contribution in [2.24, 2.45) is 11.8 Å². The second kappa shape index (κ2) is 6.65. The van der Waals surface area contributed by atoms with Gasteiger partial charge in [-0.3, -0.25) is 9.59 Å². The van der Waals surface area contributed by atoms with Crippen LogP contribution in [0.25, 0.3) is 0 Å². The second-order valence-electron chi connectivity index (χ2n) is 4.66. The van der Waals surface area contributed by atoms with E-state index >= 15 is 0 Å². The second-order valence-corrected chi connectivity index (χ2v) is 5.81. The molecule has 0 bridgehead atoms. The van der Waals surface area contributed by atoms with Gasteiger partial charge < -0.3 is 10.4 Å². The van der Waals surface area contributed by atoms with Crippen LogP contribution < -0.4 is 5.32 Å². The van der Waals surface area contributed by atoms with Crippen LogP contribution in [0.5, 0.6) is 0 Å². The summed E-state index contributed by atoms with van der Waals surface area (Å²) in [6, 6.07) is -0.193. The van der Waals surface area contributed by atoms with E-state index in [4.69, 9.17) is 5.11 Å². The summed E-state index contributed by atoms with van der Waals surface area (Å²) in [7, 11) is 0. The van der Waals surface area contributed by atoms with E-state index in [1.54, 1.807) is 18.3 Å². The molecule has 0 fully saturated rings. The number of thiazole rings is 1. The number of carboxylic acid groups (broad SMARTS) is 1. The molecule has 0 spiro atoms. The largest absolute Gasteiger partial charge is 0.481 e. The minimum Gasteiger partial charge on any atom is -0.481 e. The fourth-order valence-corrected chi connectivity index (χ4v) is 2.39. The number of aliphatic carboxylic acids is 1. The number of amides is 1. The molecule has 0 aliphatic carbocycles. The Bertz CT molecular complexity index is 458. The third kappa shape index (κ3) is 4.02. The molecule has 0 saturated heterocycles. The number of carbonyl (C=O) groups excluding carboxylic acids is 1. The van der Waals surface area contributed by atoms with Gasteiger partial charge in [-0.15, -0.1) is 11.3 Å². The highest BCUT2D eigenvalue weighted by molar-refractivity contribution is 7.11. The molecule has 2 N–H and O–H groups in total. The highest BCUT2D eigenvalue weighted by Crippen LogP contribution is 2.21. The summed E-state index contributed by atoms with van der Waals surface area (Å²) in [6.07, 6.45) is 2.73. The summed E-state index contributed by atoms with van der Waals surface area (Å²) in [5.74, 6) is -2.48. The van der Waals surface area contributed by atoms with Crippen LogP contribution in [0.1, 0.15) is 43.6 Å². The summed E-state index contributed by atoms with van der Waals surface area (Å²) < 4.78 is 0. The van der Waals surface area contributed by atoms with Gasteiger partial charge in [-0.25, -0.2) is 4.98 Å². The molecule has 1 amide bonds. The van der Waals surface area contributed by atoms with Gasteiger partial charge in [0.15, 0.2) is 0 Å². The number of nitrogens with zero attached hydrogens (tertiary/aromatic N) is 1. The van der Waals surface area contributed by atoms with E-state index < -0.39 is 17.8 Å². The summed E-state index contributed by atoms with van der Waals surface area (Å²) in [5, 5.41) is 12.6. The van der Waals surface area contributed by atoms with Crippen molar-refractivity contribution in [3.05, 3.63) is 16.1 Å². The predicted molar refractivity (Wildman–Crippen MR) is 74.0 cm³/mol. The van der Waals surface area contributed by atoms with Gasteiger partial charge in [0.1, 0.15) is 5.01 Å². The maximum Gasteiger partial charge on any atom is 0.307 e. The van der Waals surface area contributed by atoms with E-state index in [1.165, 1.54) is 11.8 Å². The predicted octanol–water partition coefficient (Wildman–Crippen LogP) is 2.24. The zero-order valence-electron chi connectivity index (χ0n) is 11.6. The van der Waals surface area contributed by atoms with E-state index in [9.17, 15) is 9.59 Å². The van der Waals surface area contributed by atoms with Crippen molar-refractivity contribution in [3.63, 3.8) is 0 Å². The standard InChI is InChI=1S/C13H20N2O3S/c1-5-10-6-14-12(19-10)9(4)15-11(16)7(2)8(3)13(17)18/h6-9H,5H2,1-4H3,(H,15,16)(H,17,18). The van der Waals surface area contributed by atoms with Crippen molar-refractivity contribution in [3.8, 4) is 0 Å². The Morgan fingerprint density at radius 2 is 2.00 bits per heavy atom. The fourth-order valence-electron chi connectivity index (χ4n) is 1.53. The number of aromatic nitrogens is 1. The first kappa shape index (κ1) is 15.6. The Morgan fingerprint density at radius 3 is 2.47 bits per heavy atom. The monoisotopic (exact) mass is 284 g/mol. The third-order valence-corrected chi connectivity index (χ3v) is 4.53. The van der Waals surface area contributed by atoms with Gasteiger partial charge >= 0.3 is 5.97 Å². The smallest absolute Gasteiger partial charge is 0.307 e. The topological polar surface area (TPSA) is 79.3 Å². The fraction of sp³-hybridized carbons (Fsp3) is 0.615. The van der Waals surface area contributed by atoms with Crippen molar-refractivity contribution in [1.82, 2.24) is 10.3 Å². The van der Waals surface area contributed by atoms with Gasteiger partial charge in [0.25, 0.3) is 0 Å². The van der Waals surface area contributed by atoms with Gasteiger partial charge in [0.05, 0.1) is 12.0 Å². The van der Waals surface area contributed by atoms with Gasteiger partial charge in [-0.2, -0.15) is 0 Å². The molecule has 0 aliphatic heterocycles. The Morgan fingerprint density at radius 1 is 1.37 bits per heavy atom. The van der Waals surface area contributed by atoms with Crippen LogP contribution in [0.2, 0.25) is 0 Å². The van der Waals surface area contributed by atoms with Crippen LogP contribution in [-0.2, 0) is 16.0 Å². The number of hydrogen-bond donors (Lipinski definition) is 2. The molecule has 1 aromatic heterocycles. The molecule has 5 nitrogen and oxygen atoms in total. The maximum atomic E-state index is 12.0. The van der Waals surface area contributed by atoms with Gasteiger partial charge in [-0.05, 0) is 13.3 Å². The van der Waals surface area contributed by atoms with Gasteiger partial charge in [0.2, 0.25) is 5.91 Å². The molecular weight excluding hydrogens is 264 g/mol. The van der Waals surface area contributed by atoms with Crippen molar-refractivity contribution in [1.29, 1.82) is 0 Å². The lowest BCUT2D eigenvalue weighted by molar-refractivity contribution is -0.146. The molecule has 3 atom stereocenters. The van der Waals surface area contributed by atoms with Crippen molar-refractivity contribution in [2.75, 3.05) is 0 Å². The number of hydrogen-bond acceptors (Lipinski definition) is 4. The van der Waals surface area contributed by atoms with Crippen molar-refractivity contribution < 1.29 is 14.7 Å². The molecule has 106 valence electrons. The first-order chi connectivity index (χ1) is 8.86. The minimum absolute atomic E-state index is 0.193. The van der Waals surface area contributed by atoms with Crippen LogP contribution in [0.3, 0.4) is 0 Å². The molecule has 1 rings (SSSR count). The first-order valence-electron chi connectivity index (χ1n) is 6.34. The zero-order chi connectivity index (χ0) is 14.6. The van der Waals surface area contributed by atoms with Crippen LogP contribution in [-0.4, -0.2) is 22.0 Å². The highest BCUT2D eigenvalue weighted by Gasteiger charge is 2.27. The average Bonchev–Trinajstić information content (AvgIpc) is 2.85. The quantitative estimate of drug-likeness (QED) is 0.839. The molecule has 0 aromatic carbocycles. The molecule has 0 saturated carbocycles. The maximum absolute atomic E-state index is 12.0. The highest BCUT2D eigenvalue weighted by atomic mass is 32.1. The van der Waals surface area contributed by atoms with Crippen molar-refractivity contribution >= 4 is 23.2 Å². The van der Waals surface area contributed by atoms with E-state index in [0.717, 1.165) is 11.4 Å². The minimum atomic E-state index is -0.960. The number of nitrogens with one attached hydrogen (secondary N) is 1. The average molecular weight is 284 g/mol. The summed E-state index contributed by atoms with van der Waals surface area (Å²) >= 11 is 1.57. The number of aryl methyl sites for hydroxylation is 1. The van der Waals surface area contributed by atoms with Crippen LogP contribution in [0.15, 0.2) is 6.20 Å². The molecular formula is C13H20N2O3S. The summed E-state index contributed by atoms with van der Waals surface area (Å²) in [6.45, 7) is 7.07. The van der Waals surface area contributed by atoms with Gasteiger partial charge in [0, 0.05) is 17.0 Å². The molecule has 6 heteroatoms. The molecule has 1 aromatic rings. The Balaban J connectivity index is 2.63. The summed E-state index contributed by atoms with van der Waals surface area (Å²) in [4.78, 5) is 28.2. The lowest BCUT2D eigenvalue weighted by Gasteiger charge is -2.18. The normalized spacial score (nSPS) is 15.6. The van der Waals surface area contributed by atoms with Gasteiger partial charge in [-0.1, -0.05) is 20.8 Å². The first-order valence-corrected chi connectivity index (χ1v) is 7.16. The Hall–Kier alpha value is -1.43. The Labute approximate surface area is 117 Å². The van der Waals surface area contributed by atoms with E-state index in [0.29, 0.717) is 0 Å². The van der Waals surface area contributed by atoms with Crippen LogP contribution >= 0.6 is 11.3 Å². The lowest BCUT2D eigenvalue weighted by Crippen LogP contribution is -2.36. The van der Waals surface area contributed by atoms with E-state index in [-0.39, 0.29) is 11.9 Å².